The van der Waals surface area contributed by atoms with E-state index in [2.05, 4.69) is 45.1 Å². The van der Waals surface area contributed by atoms with Crippen molar-refractivity contribution in [3.63, 3.8) is 0 Å². The summed E-state index contributed by atoms with van der Waals surface area (Å²) >= 11 is 0. The first kappa shape index (κ1) is 13.6. The van der Waals surface area contributed by atoms with Crippen molar-refractivity contribution in [1.29, 1.82) is 0 Å². The Morgan fingerprint density at radius 3 is 2.22 bits per heavy atom. The van der Waals surface area contributed by atoms with E-state index in [1.54, 1.807) is 7.11 Å². The van der Waals surface area contributed by atoms with Crippen LogP contribution >= 0.6 is 0 Å². The normalized spacial score (nSPS) is 24.7. The molecule has 1 aliphatic rings. The summed E-state index contributed by atoms with van der Waals surface area (Å²) in [6, 6.07) is 5.59. The van der Waals surface area contributed by atoms with Crippen LogP contribution in [0.5, 0.6) is 0 Å². The number of aryl methyl sites for hydroxylation is 3. The van der Waals surface area contributed by atoms with Gasteiger partial charge in [0.1, 0.15) is 0 Å². The highest BCUT2D eigenvalue weighted by Crippen LogP contribution is 2.28. The molecule has 0 aromatic heterocycles. The van der Waals surface area contributed by atoms with Crippen LogP contribution in [0.15, 0.2) is 12.1 Å². The van der Waals surface area contributed by atoms with Gasteiger partial charge in [-0.2, -0.15) is 0 Å². The number of nitrogens with one attached hydrogen (secondary N) is 1. The largest absolute Gasteiger partial charge is 0.381 e. The van der Waals surface area contributed by atoms with Gasteiger partial charge in [0.2, 0.25) is 0 Å². The predicted molar refractivity (Wildman–Crippen MR) is 76.0 cm³/mol. The number of rotatable bonds is 4. The first-order chi connectivity index (χ1) is 8.51. The van der Waals surface area contributed by atoms with Crippen LogP contribution in [0.3, 0.4) is 0 Å². The zero-order valence-electron chi connectivity index (χ0n) is 12.2. The molecule has 1 aromatic rings. The van der Waals surface area contributed by atoms with Crippen LogP contribution in [-0.2, 0) is 4.74 Å². The molecule has 1 N–H and O–H groups in total. The van der Waals surface area contributed by atoms with Gasteiger partial charge in [0.25, 0.3) is 0 Å². The monoisotopic (exact) mass is 247 g/mol. The van der Waals surface area contributed by atoms with Gasteiger partial charge < -0.3 is 10.1 Å². The molecule has 2 heteroatoms. The van der Waals surface area contributed by atoms with Crippen molar-refractivity contribution in [1.82, 2.24) is 5.32 Å². The molecule has 1 fully saturated rings. The number of hydrogen-bond acceptors (Lipinski definition) is 2. The highest BCUT2D eigenvalue weighted by Gasteiger charge is 2.30. The smallest absolute Gasteiger partial charge is 0.0601 e. The van der Waals surface area contributed by atoms with Gasteiger partial charge >= 0.3 is 0 Å². The quantitative estimate of drug-likeness (QED) is 0.880. The van der Waals surface area contributed by atoms with Gasteiger partial charge in [-0.15, -0.1) is 0 Å². The average Bonchev–Trinajstić information content (AvgIpc) is 2.21. The molecule has 1 saturated carbocycles. The summed E-state index contributed by atoms with van der Waals surface area (Å²) in [6.07, 6.45) is 2.75. The summed E-state index contributed by atoms with van der Waals surface area (Å²) in [4.78, 5) is 0. The van der Waals surface area contributed by atoms with Crippen molar-refractivity contribution in [2.24, 2.45) is 0 Å². The molecule has 2 nitrogen and oxygen atoms in total. The van der Waals surface area contributed by atoms with Crippen LogP contribution in [0.25, 0.3) is 0 Å². The maximum Gasteiger partial charge on any atom is 0.0601 e. The van der Waals surface area contributed by atoms with E-state index >= 15 is 0 Å². The Labute approximate surface area is 111 Å². The van der Waals surface area contributed by atoms with Gasteiger partial charge in [-0.1, -0.05) is 17.7 Å². The molecule has 0 bridgehead atoms. The fraction of sp³-hybridized carbons (Fsp3) is 0.625. The Bertz CT molecular complexity index is 398. The van der Waals surface area contributed by atoms with Crippen molar-refractivity contribution in [3.05, 3.63) is 34.4 Å². The molecular weight excluding hydrogens is 222 g/mol. The Kier molecular flexibility index (Phi) is 4.08. The Morgan fingerprint density at radius 2 is 1.72 bits per heavy atom. The molecule has 18 heavy (non-hydrogen) atoms. The van der Waals surface area contributed by atoms with Gasteiger partial charge in [-0.05, 0) is 57.2 Å². The molecule has 0 heterocycles. The lowest BCUT2D eigenvalue weighted by Gasteiger charge is -2.37. The number of ether oxygens (including phenoxy) is 1. The first-order valence-electron chi connectivity index (χ1n) is 6.88. The molecule has 1 aromatic carbocycles. The standard InChI is InChI=1S/C16H25NO/c1-10-6-11(2)16(12(3)7-10)13(4)17-14-8-15(9-14)18-5/h6-7,13-15,17H,8-9H2,1-5H3. The summed E-state index contributed by atoms with van der Waals surface area (Å²) in [5.74, 6) is 0. The minimum absolute atomic E-state index is 0.424. The van der Waals surface area contributed by atoms with Gasteiger partial charge in [-0.3, -0.25) is 0 Å². The second-order valence-corrected chi connectivity index (χ2v) is 5.73. The topological polar surface area (TPSA) is 21.3 Å². The lowest BCUT2D eigenvalue weighted by molar-refractivity contribution is 0.0147. The maximum absolute atomic E-state index is 5.33. The molecule has 1 aliphatic carbocycles. The second kappa shape index (κ2) is 5.41. The van der Waals surface area contributed by atoms with Crippen LogP contribution < -0.4 is 5.32 Å². The van der Waals surface area contributed by atoms with Crippen molar-refractivity contribution in [2.45, 2.75) is 58.7 Å². The minimum Gasteiger partial charge on any atom is -0.381 e. The molecule has 0 spiro atoms. The lowest BCUT2D eigenvalue weighted by atomic mass is 9.87. The molecule has 100 valence electrons. The lowest BCUT2D eigenvalue weighted by Crippen LogP contribution is -2.46. The third kappa shape index (κ3) is 2.76. The average molecular weight is 247 g/mol. The zero-order chi connectivity index (χ0) is 13.3. The SMILES string of the molecule is COC1CC(NC(C)c2c(C)cc(C)cc2C)C1. The van der Waals surface area contributed by atoms with E-state index in [0.717, 1.165) is 12.8 Å². The van der Waals surface area contributed by atoms with Crippen LogP contribution in [0.4, 0.5) is 0 Å². The molecule has 0 saturated heterocycles. The first-order valence-corrected chi connectivity index (χ1v) is 6.88. The molecule has 2 rings (SSSR count). The number of benzene rings is 1. The Hall–Kier alpha value is -0.860. The summed E-state index contributed by atoms with van der Waals surface area (Å²) in [5, 5.41) is 3.72. The van der Waals surface area contributed by atoms with E-state index in [9.17, 15) is 0 Å². The minimum atomic E-state index is 0.424. The van der Waals surface area contributed by atoms with Crippen molar-refractivity contribution in [2.75, 3.05) is 7.11 Å². The van der Waals surface area contributed by atoms with Crippen molar-refractivity contribution in [3.8, 4) is 0 Å². The number of hydrogen-bond donors (Lipinski definition) is 1. The van der Waals surface area contributed by atoms with E-state index in [-0.39, 0.29) is 0 Å². The zero-order valence-corrected chi connectivity index (χ0v) is 12.2. The van der Waals surface area contributed by atoms with Gasteiger partial charge in [-0.25, -0.2) is 0 Å². The van der Waals surface area contributed by atoms with E-state index in [1.165, 1.54) is 22.3 Å². The molecule has 0 aliphatic heterocycles. The van der Waals surface area contributed by atoms with Crippen molar-refractivity contribution < 1.29 is 4.74 Å². The molecule has 0 radical (unpaired) electrons. The van der Waals surface area contributed by atoms with E-state index < -0.39 is 0 Å². The van der Waals surface area contributed by atoms with Crippen LogP contribution in [0, 0.1) is 20.8 Å². The highest BCUT2D eigenvalue weighted by atomic mass is 16.5. The third-order valence-electron chi connectivity index (χ3n) is 4.08. The van der Waals surface area contributed by atoms with Gasteiger partial charge in [0, 0.05) is 19.2 Å². The maximum atomic E-state index is 5.33. The van der Waals surface area contributed by atoms with E-state index in [0.29, 0.717) is 18.2 Å². The molecular formula is C16H25NO. The van der Waals surface area contributed by atoms with E-state index in [1.807, 2.05) is 0 Å². The summed E-state index contributed by atoms with van der Waals surface area (Å²) in [6.45, 7) is 8.86. The van der Waals surface area contributed by atoms with Crippen LogP contribution in [0.2, 0.25) is 0 Å². The fourth-order valence-electron chi connectivity index (χ4n) is 3.21. The second-order valence-electron chi connectivity index (χ2n) is 5.73. The van der Waals surface area contributed by atoms with Crippen LogP contribution in [0.1, 0.15) is 48.1 Å². The Morgan fingerprint density at radius 1 is 1.17 bits per heavy atom. The highest BCUT2D eigenvalue weighted by molar-refractivity contribution is 5.39. The molecule has 1 unspecified atom stereocenters. The van der Waals surface area contributed by atoms with Gasteiger partial charge in [0.15, 0.2) is 0 Å². The summed E-state index contributed by atoms with van der Waals surface area (Å²) in [7, 11) is 1.80. The predicted octanol–water partition coefficient (Wildman–Crippen LogP) is 3.44. The Balaban J connectivity index is 2.03. The summed E-state index contributed by atoms with van der Waals surface area (Å²) in [5.41, 5.74) is 5.61. The third-order valence-corrected chi connectivity index (χ3v) is 4.08. The van der Waals surface area contributed by atoms with Crippen LogP contribution in [-0.4, -0.2) is 19.3 Å². The van der Waals surface area contributed by atoms with Crippen molar-refractivity contribution >= 4 is 0 Å². The molecule has 1 atom stereocenters. The number of methoxy groups -OCH3 is 1. The summed E-state index contributed by atoms with van der Waals surface area (Å²) < 4.78 is 5.33. The molecule has 0 amide bonds. The fourth-order valence-corrected chi connectivity index (χ4v) is 3.21. The van der Waals surface area contributed by atoms with E-state index in [4.69, 9.17) is 4.74 Å². The van der Waals surface area contributed by atoms with Gasteiger partial charge in [0.05, 0.1) is 6.10 Å².